The molecule has 0 bridgehead atoms. The molecule has 4 nitrogen and oxygen atoms in total. The van der Waals surface area contributed by atoms with Crippen LogP contribution >= 0.6 is 15.9 Å². The van der Waals surface area contributed by atoms with Crippen molar-refractivity contribution in [1.29, 1.82) is 0 Å². The number of nitrogens with one attached hydrogen (secondary N) is 2. The lowest BCUT2D eigenvalue weighted by atomic mass is 10.1. The zero-order chi connectivity index (χ0) is 29.2. The summed E-state index contributed by atoms with van der Waals surface area (Å²) in [6, 6.07) is 26.7. The third-order valence-corrected chi connectivity index (χ3v) is 6.17. The van der Waals surface area contributed by atoms with Crippen LogP contribution in [0, 0.1) is 35.8 Å². The molecule has 2 N–H and O–H groups in total. The fourth-order valence-electron chi connectivity index (χ4n) is 3.72. The van der Waals surface area contributed by atoms with Crippen molar-refractivity contribution in [3.05, 3.63) is 163 Å². The van der Waals surface area contributed by atoms with Gasteiger partial charge >= 0.3 is 0 Å². The van der Waals surface area contributed by atoms with Crippen LogP contribution < -0.4 is 11.1 Å². The Morgan fingerprint density at radius 1 is 0.610 bits per heavy atom. The predicted molar refractivity (Wildman–Crippen MR) is 164 cm³/mol. The Kier molecular flexibility index (Phi) is 9.62. The number of benzene rings is 4. The third kappa shape index (κ3) is 8.12. The number of halogens is 3. The van der Waals surface area contributed by atoms with Crippen molar-refractivity contribution in [3.63, 3.8) is 0 Å². The van der Waals surface area contributed by atoms with Crippen LogP contribution in [-0.4, -0.2) is 9.97 Å². The number of hydrogen-bond donors (Lipinski definition) is 2. The number of aromatic nitrogens is 2. The summed E-state index contributed by atoms with van der Waals surface area (Å²) in [6.07, 6.45) is 8.26. The number of rotatable bonds is 0. The summed E-state index contributed by atoms with van der Waals surface area (Å²) in [7, 11) is 0. The first-order valence-electron chi connectivity index (χ1n) is 12.2. The summed E-state index contributed by atoms with van der Waals surface area (Å²) >= 11 is 3.34. The lowest BCUT2D eigenvalue weighted by Gasteiger charge is -1.97. The van der Waals surface area contributed by atoms with Gasteiger partial charge in [0.1, 0.15) is 11.6 Å². The summed E-state index contributed by atoms with van der Waals surface area (Å²) in [4.78, 5) is 28.0. The van der Waals surface area contributed by atoms with Crippen molar-refractivity contribution < 1.29 is 8.78 Å². The van der Waals surface area contributed by atoms with E-state index in [9.17, 15) is 18.4 Å². The van der Waals surface area contributed by atoms with Crippen LogP contribution in [0.15, 0.2) is 124 Å². The maximum atomic E-state index is 13.0. The minimum Gasteiger partial charge on any atom is -0.329 e. The van der Waals surface area contributed by atoms with Gasteiger partial charge in [-0.05, 0) is 95.7 Å². The van der Waals surface area contributed by atoms with Crippen molar-refractivity contribution in [2.75, 3.05) is 0 Å². The maximum Gasteiger partial charge on any atom is 0.255 e. The number of fused-ring (bicyclic) bond motifs is 2. The molecule has 7 heteroatoms. The zero-order valence-corrected chi connectivity index (χ0v) is 23.0. The highest BCUT2D eigenvalue weighted by Gasteiger charge is 1.98. The van der Waals surface area contributed by atoms with E-state index in [0.29, 0.717) is 16.5 Å². The van der Waals surface area contributed by atoms with Crippen LogP contribution in [0.25, 0.3) is 21.5 Å². The highest BCUT2D eigenvalue weighted by atomic mass is 79.9. The van der Waals surface area contributed by atoms with E-state index in [1.165, 1.54) is 24.3 Å². The first kappa shape index (κ1) is 28.8. The van der Waals surface area contributed by atoms with E-state index < -0.39 is 0 Å². The molecule has 41 heavy (non-hydrogen) atoms. The molecular weight excluding hydrogens is 586 g/mol. The van der Waals surface area contributed by atoms with Gasteiger partial charge in [-0.25, -0.2) is 8.78 Å². The molecule has 0 aliphatic carbocycles. The molecule has 0 atom stereocenters. The van der Waals surface area contributed by atoms with Crippen LogP contribution in [-0.2, 0) is 0 Å². The Bertz CT molecular complexity index is 2060. The van der Waals surface area contributed by atoms with E-state index >= 15 is 0 Å². The first-order valence-corrected chi connectivity index (χ1v) is 13.0. The lowest BCUT2D eigenvalue weighted by Crippen LogP contribution is -2.03. The average molecular weight is 607 g/mol. The molecular formula is C34H21BrF2N2O2. The minimum absolute atomic E-state index is 0.0417. The zero-order valence-electron chi connectivity index (χ0n) is 21.4. The van der Waals surface area contributed by atoms with Crippen LogP contribution in [0.5, 0.6) is 0 Å². The summed E-state index contributed by atoms with van der Waals surface area (Å²) < 4.78 is 26.3. The molecule has 0 saturated heterocycles. The van der Waals surface area contributed by atoms with Crippen LogP contribution in [0.3, 0.4) is 0 Å². The van der Waals surface area contributed by atoms with Crippen molar-refractivity contribution in [1.82, 2.24) is 9.97 Å². The number of aromatic amines is 2. The molecule has 0 radical (unpaired) electrons. The van der Waals surface area contributed by atoms with Gasteiger partial charge in [0.15, 0.2) is 0 Å². The van der Waals surface area contributed by atoms with Gasteiger partial charge in [0, 0.05) is 44.3 Å². The maximum absolute atomic E-state index is 13.0. The SMILES string of the molecule is C#Cc1cccc(F)c1.O=c1[nH]ccc2cc(Br)ccc12.O=c1[nH]ccc2cc(C#Cc3cccc(F)c3)ccc12. The number of hydrogen-bond acceptors (Lipinski definition) is 2. The normalized spacial score (nSPS) is 9.80. The summed E-state index contributed by atoms with van der Waals surface area (Å²) in [5, 5.41) is 3.14. The number of terminal acetylenes is 1. The molecule has 0 fully saturated rings. The molecule has 0 spiro atoms. The van der Waals surface area contributed by atoms with Crippen LogP contribution in [0.2, 0.25) is 0 Å². The first-order chi connectivity index (χ1) is 19.8. The van der Waals surface area contributed by atoms with E-state index in [1.807, 2.05) is 30.3 Å². The van der Waals surface area contributed by atoms with Gasteiger partial charge in [-0.1, -0.05) is 45.8 Å². The van der Waals surface area contributed by atoms with Crippen molar-refractivity contribution in [3.8, 4) is 24.2 Å². The fraction of sp³-hybridized carbons (Fsp3) is 0. The van der Waals surface area contributed by atoms with Gasteiger partial charge in [-0.15, -0.1) is 6.42 Å². The Hall–Kier alpha value is -5.24. The van der Waals surface area contributed by atoms with Gasteiger partial charge in [0.05, 0.1) is 0 Å². The van der Waals surface area contributed by atoms with Crippen LogP contribution in [0.1, 0.15) is 16.7 Å². The van der Waals surface area contributed by atoms with Gasteiger partial charge in [-0.3, -0.25) is 9.59 Å². The second-order valence-electron chi connectivity index (χ2n) is 8.56. The molecule has 200 valence electrons. The molecule has 6 aromatic rings. The van der Waals surface area contributed by atoms with Crippen molar-refractivity contribution >= 4 is 37.5 Å². The largest absolute Gasteiger partial charge is 0.329 e. The van der Waals surface area contributed by atoms with E-state index in [0.717, 1.165) is 26.2 Å². The Labute approximate surface area is 242 Å². The Morgan fingerprint density at radius 3 is 1.68 bits per heavy atom. The van der Waals surface area contributed by atoms with Gasteiger partial charge < -0.3 is 9.97 Å². The molecule has 2 aromatic heterocycles. The third-order valence-electron chi connectivity index (χ3n) is 5.68. The summed E-state index contributed by atoms with van der Waals surface area (Å²) in [5.74, 6) is 7.61. The molecule has 2 heterocycles. The number of pyridine rings is 2. The van der Waals surface area contributed by atoms with Gasteiger partial charge in [0.25, 0.3) is 11.1 Å². The predicted octanol–water partition coefficient (Wildman–Crippen LogP) is 7.16. The average Bonchev–Trinajstić information content (AvgIpc) is 2.97. The summed E-state index contributed by atoms with van der Waals surface area (Å²) in [5.41, 5.74) is 1.82. The molecule has 0 amide bonds. The Morgan fingerprint density at radius 2 is 1.12 bits per heavy atom. The number of H-pyrrole nitrogens is 2. The van der Waals surface area contributed by atoms with Crippen LogP contribution in [0.4, 0.5) is 8.78 Å². The molecule has 0 aliphatic rings. The van der Waals surface area contributed by atoms with E-state index in [4.69, 9.17) is 6.42 Å². The highest BCUT2D eigenvalue weighted by molar-refractivity contribution is 9.10. The Balaban J connectivity index is 0.000000156. The molecule has 4 aromatic carbocycles. The smallest absolute Gasteiger partial charge is 0.255 e. The monoisotopic (exact) mass is 606 g/mol. The minimum atomic E-state index is -0.304. The van der Waals surface area contributed by atoms with E-state index in [2.05, 4.69) is 43.7 Å². The topological polar surface area (TPSA) is 65.7 Å². The van der Waals surface area contributed by atoms with Gasteiger partial charge in [-0.2, -0.15) is 0 Å². The van der Waals surface area contributed by atoms with Gasteiger partial charge in [0.2, 0.25) is 0 Å². The molecule has 0 unspecified atom stereocenters. The lowest BCUT2D eigenvalue weighted by molar-refractivity contribution is 0.627. The summed E-state index contributed by atoms with van der Waals surface area (Å²) in [6.45, 7) is 0. The molecule has 0 aliphatic heterocycles. The molecule has 6 rings (SSSR count). The van der Waals surface area contributed by atoms with Crippen molar-refractivity contribution in [2.45, 2.75) is 0 Å². The second kappa shape index (κ2) is 13.7. The fourth-order valence-corrected chi connectivity index (χ4v) is 4.10. The van der Waals surface area contributed by atoms with Crippen molar-refractivity contribution in [2.24, 2.45) is 0 Å². The molecule has 0 saturated carbocycles. The highest BCUT2D eigenvalue weighted by Crippen LogP contribution is 2.16. The standard InChI is InChI=1S/C17H10FNO.C9H6BrNO.C8H5F/c18-15-3-1-2-12(11-15)4-5-13-6-7-16-14(10-13)8-9-19-17(16)20;10-7-1-2-8-6(5-7)3-4-11-9(8)12;1-2-7-4-3-5-8(9)6-7/h1-3,6-11H,(H,19,20);1-5H,(H,11,12);1,3-6H. The quantitative estimate of drug-likeness (QED) is 0.180. The van der Waals surface area contributed by atoms with E-state index in [1.54, 1.807) is 54.9 Å². The second-order valence-corrected chi connectivity index (χ2v) is 9.48. The van der Waals surface area contributed by atoms with E-state index in [-0.39, 0.29) is 22.8 Å².